The van der Waals surface area contributed by atoms with Gasteiger partial charge in [0, 0.05) is 16.8 Å². The van der Waals surface area contributed by atoms with Gasteiger partial charge in [-0.3, -0.25) is 0 Å². The molecule has 0 radical (unpaired) electrons. The lowest BCUT2D eigenvalue weighted by molar-refractivity contribution is 0.593. The molecule has 1 nitrogen and oxygen atoms in total. The van der Waals surface area contributed by atoms with Crippen molar-refractivity contribution < 1.29 is 0 Å². The molecule has 0 fully saturated rings. The summed E-state index contributed by atoms with van der Waals surface area (Å²) in [6.07, 6.45) is 0. The number of rotatable bonds is 2. The van der Waals surface area contributed by atoms with Gasteiger partial charge in [-0.1, -0.05) is 145 Å². The Morgan fingerprint density at radius 3 is 1.68 bits per heavy atom. The van der Waals surface area contributed by atoms with Crippen molar-refractivity contribution in [2.75, 3.05) is 0 Å². The summed E-state index contributed by atoms with van der Waals surface area (Å²) in [7, 11) is 0. The fourth-order valence-corrected chi connectivity index (χ4v) is 9.84. The molecule has 0 spiro atoms. The molecule has 9 aromatic carbocycles. The molecule has 10 rings (SSSR count). The first-order chi connectivity index (χ1) is 25.4. The van der Waals surface area contributed by atoms with E-state index in [-0.39, 0.29) is 10.8 Å². The van der Waals surface area contributed by atoms with E-state index < -0.39 is 0 Å². The summed E-state index contributed by atoms with van der Waals surface area (Å²) in [6, 6.07) is 48.5. The molecule has 0 saturated carbocycles. The van der Waals surface area contributed by atoms with Crippen molar-refractivity contribution >= 4 is 75.5 Å². The van der Waals surface area contributed by atoms with Gasteiger partial charge in [-0.25, -0.2) is 0 Å². The van der Waals surface area contributed by atoms with Crippen LogP contribution in [-0.2, 0) is 10.8 Å². The minimum Gasteiger partial charge on any atom is -0.314 e. The highest BCUT2D eigenvalue weighted by atomic mass is 15.0. The van der Waals surface area contributed by atoms with E-state index in [4.69, 9.17) is 0 Å². The summed E-state index contributed by atoms with van der Waals surface area (Å²) in [5.41, 5.74) is 10.5. The van der Waals surface area contributed by atoms with Gasteiger partial charge >= 0.3 is 0 Å². The number of hydrogen-bond donors (Lipinski definition) is 0. The number of hydrogen-bond acceptors (Lipinski definition) is 0. The minimum absolute atomic E-state index is 0.00218. The van der Waals surface area contributed by atoms with Gasteiger partial charge in [0.2, 0.25) is 0 Å². The molecular formula is C52H45N. The molecule has 0 aliphatic carbocycles. The van der Waals surface area contributed by atoms with Crippen LogP contribution in [0.1, 0.15) is 63.9 Å². The number of aromatic nitrogens is 1. The highest BCUT2D eigenvalue weighted by molar-refractivity contribution is 6.25. The molecule has 258 valence electrons. The Kier molecular flexibility index (Phi) is 6.61. The smallest absolute Gasteiger partial charge is 0.0540 e. The summed E-state index contributed by atoms with van der Waals surface area (Å²) in [5.74, 6) is 0. The second-order valence-electron chi connectivity index (χ2n) is 17.4. The van der Waals surface area contributed by atoms with Gasteiger partial charge in [-0.05, 0) is 141 Å². The summed E-state index contributed by atoms with van der Waals surface area (Å²) < 4.78 is 2.50. The van der Waals surface area contributed by atoms with Crippen molar-refractivity contribution in [3.8, 4) is 16.8 Å². The Labute approximate surface area is 311 Å². The maximum absolute atomic E-state index is 2.50. The number of aryl methyl sites for hydroxylation is 1. The SMILES string of the molecule is Cc1c(C)n(-c2ccc3c(C(C)(C)C)c4ccccc4c(C(C)(C)C)c3c2)c2ccc3cc(-c4ccc5ccc6cccc7ccc4c5c67)ccc3c12. The highest BCUT2D eigenvalue weighted by Gasteiger charge is 2.28. The Balaban J connectivity index is 1.18. The average Bonchev–Trinajstić information content (AvgIpc) is 3.40. The zero-order valence-electron chi connectivity index (χ0n) is 32.1. The van der Waals surface area contributed by atoms with Crippen molar-refractivity contribution in [3.05, 3.63) is 150 Å². The van der Waals surface area contributed by atoms with Crippen LogP contribution in [0.2, 0.25) is 0 Å². The monoisotopic (exact) mass is 683 g/mol. The van der Waals surface area contributed by atoms with E-state index in [1.807, 2.05) is 0 Å². The zero-order chi connectivity index (χ0) is 36.6. The van der Waals surface area contributed by atoms with Crippen molar-refractivity contribution in [1.29, 1.82) is 0 Å². The third kappa shape index (κ3) is 4.56. The second-order valence-corrected chi connectivity index (χ2v) is 17.4. The highest BCUT2D eigenvalue weighted by Crippen LogP contribution is 2.46. The zero-order valence-corrected chi connectivity index (χ0v) is 32.1. The molecule has 0 bridgehead atoms. The lowest BCUT2D eigenvalue weighted by Gasteiger charge is -2.30. The molecule has 53 heavy (non-hydrogen) atoms. The van der Waals surface area contributed by atoms with E-state index in [9.17, 15) is 0 Å². The fraction of sp³-hybridized carbons (Fsp3) is 0.192. The molecule has 0 unspecified atom stereocenters. The summed E-state index contributed by atoms with van der Waals surface area (Å²) in [4.78, 5) is 0. The summed E-state index contributed by atoms with van der Waals surface area (Å²) in [6.45, 7) is 18.7. The Bertz CT molecular complexity index is 3120. The molecule has 0 saturated heterocycles. The van der Waals surface area contributed by atoms with Crippen LogP contribution in [-0.4, -0.2) is 4.57 Å². The van der Waals surface area contributed by atoms with Gasteiger partial charge < -0.3 is 4.57 Å². The van der Waals surface area contributed by atoms with Crippen molar-refractivity contribution in [3.63, 3.8) is 0 Å². The Morgan fingerprint density at radius 1 is 0.415 bits per heavy atom. The van der Waals surface area contributed by atoms with Crippen LogP contribution in [0.4, 0.5) is 0 Å². The number of nitrogens with zero attached hydrogens (tertiary/aromatic N) is 1. The lowest BCUT2D eigenvalue weighted by atomic mass is 9.74. The van der Waals surface area contributed by atoms with Crippen LogP contribution in [0.15, 0.2) is 127 Å². The quantitative estimate of drug-likeness (QED) is 0.126. The van der Waals surface area contributed by atoms with Crippen LogP contribution >= 0.6 is 0 Å². The second kappa shape index (κ2) is 10.9. The van der Waals surface area contributed by atoms with Crippen LogP contribution in [0.3, 0.4) is 0 Å². The molecular weight excluding hydrogens is 639 g/mol. The standard InChI is InChI=1S/C52H45N/c1-30-31(2)53(37-22-26-43-44(29-37)50(52(6,7)8)42-15-10-9-14-41(42)49(43)51(3,4)5)45-27-21-36-28-35(20-24-39(36)46(30)45)38-23-18-34-17-16-32-12-11-13-33-19-25-40(38)48(34)47(32)33/h9-29H,1-8H3. The summed E-state index contributed by atoms with van der Waals surface area (Å²) >= 11 is 0. The minimum atomic E-state index is -0.0286. The Morgan fingerprint density at radius 2 is 0.981 bits per heavy atom. The molecule has 0 aliphatic heterocycles. The predicted octanol–water partition coefficient (Wildman–Crippen LogP) is 14.9. The third-order valence-corrected chi connectivity index (χ3v) is 12.1. The molecule has 0 aliphatic rings. The normalized spacial score (nSPS) is 12.9. The van der Waals surface area contributed by atoms with Crippen molar-refractivity contribution in [2.24, 2.45) is 0 Å². The van der Waals surface area contributed by atoms with Gasteiger partial charge in [0.25, 0.3) is 0 Å². The first-order valence-electron chi connectivity index (χ1n) is 19.1. The molecule has 1 heteroatoms. The average molecular weight is 684 g/mol. The fourth-order valence-electron chi connectivity index (χ4n) is 9.84. The van der Waals surface area contributed by atoms with Crippen LogP contribution < -0.4 is 0 Å². The molecule has 1 heterocycles. The molecule has 10 aromatic rings. The number of fused-ring (bicyclic) bond motifs is 5. The van der Waals surface area contributed by atoms with E-state index in [1.54, 1.807) is 0 Å². The Hall–Kier alpha value is -5.66. The third-order valence-electron chi connectivity index (χ3n) is 12.1. The van der Waals surface area contributed by atoms with Crippen molar-refractivity contribution in [2.45, 2.75) is 66.2 Å². The van der Waals surface area contributed by atoms with E-state index in [0.29, 0.717) is 0 Å². The topological polar surface area (TPSA) is 4.93 Å². The van der Waals surface area contributed by atoms with Gasteiger partial charge in [-0.2, -0.15) is 0 Å². The summed E-state index contributed by atoms with van der Waals surface area (Å²) in [5, 5.41) is 17.3. The maximum atomic E-state index is 2.50. The van der Waals surface area contributed by atoms with Gasteiger partial charge in [0.1, 0.15) is 0 Å². The van der Waals surface area contributed by atoms with Crippen molar-refractivity contribution in [1.82, 2.24) is 4.57 Å². The van der Waals surface area contributed by atoms with E-state index in [2.05, 4.69) is 187 Å². The van der Waals surface area contributed by atoms with E-state index >= 15 is 0 Å². The van der Waals surface area contributed by atoms with Gasteiger partial charge in [0.05, 0.1) is 5.52 Å². The predicted molar refractivity (Wildman–Crippen MR) is 232 cm³/mol. The van der Waals surface area contributed by atoms with Crippen LogP contribution in [0.5, 0.6) is 0 Å². The van der Waals surface area contributed by atoms with Gasteiger partial charge in [0.15, 0.2) is 0 Å². The molecule has 0 amide bonds. The molecule has 0 N–H and O–H groups in total. The number of benzene rings is 9. The lowest BCUT2D eigenvalue weighted by Crippen LogP contribution is -2.17. The van der Waals surface area contributed by atoms with E-state index in [1.165, 1.54) is 115 Å². The largest absolute Gasteiger partial charge is 0.314 e. The van der Waals surface area contributed by atoms with Crippen LogP contribution in [0, 0.1) is 13.8 Å². The first kappa shape index (κ1) is 32.0. The molecule has 1 aromatic heterocycles. The maximum Gasteiger partial charge on any atom is 0.0540 e. The first-order valence-corrected chi connectivity index (χ1v) is 19.1. The molecule has 0 atom stereocenters. The van der Waals surface area contributed by atoms with Gasteiger partial charge in [-0.15, -0.1) is 0 Å². The van der Waals surface area contributed by atoms with Crippen LogP contribution in [0.25, 0.3) is 92.4 Å². The van der Waals surface area contributed by atoms with E-state index in [0.717, 1.165) is 0 Å².